The van der Waals surface area contributed by atoms with Gasteiger partial charge >= 0.3 is 0 Å². The van der Waals surface area contributed by atoms with Crippen LogP contribution in [0.25, 0.3) is 0 Å². The van der Waals surface area contributed by atoms with Gasteiger partial charge in [-0.15, -0.1) is 0 Å². The van der Waals surface area contributed by atoms with Crippen LogP contribution in [0.1, 0.15) is 12.8 Å². The Labute approximate surface area is 83.3 Å². The van der Waals surface area contributed by atoms with Crippen LogP contribution in [0.4, 0.5) is 10.1 Å². The highest BCUT2D eigenvalue weighted by atomic mass is 19.1. The predicted molar refractivity (Wildman–Crippen MR) is 54.4 cm³/mol. The molecule has 1 aliphatic carbocycles. The molecule has 0 spiro atoms. The van der Waals surface area contributed by atoms with Gasteiger partial charge in [-0.05, 0) is 18.9 Å². The first-order chi connectivity index (χ1) is 6.65. The monoisotopic (exact) mass is 195 g/mol. The Morgan fingerprint density at radius 3 is 2.57 bits per heavy atom. The second-order valence-electron chi connectivity index (χ2n) is 3.86. The topological polar surface area (TPSA) is 12.5 Å². The van der Waals surface area contributed by atoms with Gasteiger partial charge in [-0.2, -0.15) is 0 Å². The van der Waals surface area contributed by atoms with Crippen LogP contribution in [0.15, 0.2) is 18.2 Å². The molecule has 0 aromatic heterocycles. The maximum Gasteiger partial charge on any atom is 0.128 e. The third-order valence-electron chi connectivity index (χ3n) is 2.20. The molecule has 0 radical (unpaired) electrons. The second-order valence-corrected chi connectivity index (χ2v) is 3.86. The number of hydrogen-bond donors (Lipinski definition) is 0. The fourth-order valence-electron chi connectivity index (χ4n) is 1.25. The molecule has 2 nitrogen and oxygen atoms in total. The van der Waals surface area contributed by atoms with Crippen molar-refractivity contribution in [3.8, 4) is 5.75 Å². The summed E-state index contributed by atoms with van der Waals surface area (Å²) in [5.74, 6) is 0.392. The summed E-state index contributed by atoms with van der Waals surface area (Å²) >= 11 is 0. The van der Waals surface area contributed by atoms with E-state index in [9.17, 15) is 4.39 Å². The molecule has 1 saturated carbocycles. The third-order valence-corrected chi connectivity index (χ3v) is 2.20. The van der Waals surface area contributed by atoms with Gasteiger partial charge in [0.2, 0.25) is 0 Å². The SMILES string of the molecule is CN(C)c1cc(F)cc(OC2CC2)c1. The number of anilines is 1. The van der Waals surface area contributed by atoms with Crippen molar-refractivity contribution in [3.05, 3.63) is 24.0 Å². The van der Waals surface area contributed by atoms with Crippen molar-refractivity contribution in [2.24, 2.45) is 0 Å². The lowest BCUT2D eigenvalue weighted by atomic mass is 10.3. The highest BCUT2D eigenvalue weighted by Gasteiger charge is 2.23. The van der Waals surface area contributed by atoms with Gasteiger partial charge in [0.15, 0.2) is 0 Å². The average Bonchev–Trinajstić information content (AvgIpc) is 2.87. The van der Waals surface area contributed by atoms with E-state index in [0.717, 1.165) is 18.5 Å². The summed E-state index contributed by atoms with van der Waals surface area (Å²) < 4.78 is 18.7. The van der Waals surface area contributed by atoms with Crippen LogP contribution in [-0.2, 0) is 0 Å². The number of halogens is 1. The molecule has 0 saturated heterocycles. The van der Waals surface area contributed by atoms with Crippen LogP contribution in [0, 0.1) is 5.82 Å². The van der Waals surface area contributed by atoms with Gasteiger partial charge in [-0.3, -0.25) is 0 Å². The van der Waals surface area contributed by atoms with Gasteiger partial charge in [-0.25, -0.2) is 4.39 Å². The van der Waals surface area contributed by atoms with Crippen molar-refractivity contribution in [1.82, 2.24) is 0 Å². The lowest BCUT2D eigenvalue weighted by Crippen LogP contribution is -2.09. The molecule has 0 bridgehead atoms. The number of ether oxygens (including phenoxy) is 1. The molecule has 2 rings (SSSR count). The smallest absolute Gasteiger partial charge is 0.128 e. The van der Waals surface area contributed by atoms with Crippen LogP contribution in [0.2, 0.25) is 0 Å². The molecule has 76 valence electrons. The first-order valence-electron chi connectivity index (χ1n) is 4.80. The molecule has 1 aromatic carbocycles. The van der Waals surface area contributed by atoms with E-state index in [1.165, 1.54) is 12.1 Å². The van der Waals surface area contributed by atoms with Crippen molar-refractivity contribution >= 4 is 5.69 Å². The minimum absolute atomic E-state index is 0.244. The van der Waals surface area contributed by atoms with E-state index in [4.69, 9.17) is 4.74 Å². The van der Waals surface area contributed by atoms with Gasteiger partial charge in [-0.1, -0.05) is 0 Å². The summed E-state index contributed by atoms with van der Waals surface area (Å²) in [6.07, 6.45) is 2.49. The van der Waals surface area contributed by atoms with E-state index in [-0.39, 0.29) is 5.82 Å². The molecule has 0 atom stereocenters. The van der Waals surface area contributed by atoms with E-state index >= 15 is 0 Å². The van der Waals surface area contributed by atoms with Crippen LogP contribution < -0.4 is 9.64 Å². The zero-order valence-electron chi connectivity index (χ0n) is 8.46. The molecule has 1 aromatic rings. The molecule has 0 amide bonds. The molecule has 3 heteroatoms. The highest BCUT2D eigenvalue weighted by molar-refractivity contribution is 5.50. The summed E-state index contributed by atoms with van der Waals surface area (Å²) in [4.78, 5) is 1.86. The minimum atomic E-state index is -0.244. The summed E-state index contributed by atoms with van der Waals surface area (Å²) in [7, 11) is 3.77. The molecule has 0 unspecified atom stereocenters. The molecule has 1 fully saturated rings. The number of benzene rings is 1. The van der Waals surface area contributed by atoms with Gasteiger partial charge in [0.25, 0.3) is 0 Å². The van der Waals surface area contributed by atoms with E-state index in [2.05, 4.69) is 0 Å². The minimum Gasteiger partial charge on any atom is -0.490 e. The summed E-state index contributed by atoms with van der Waals surface area (Å²) in [6.45, 7) is 0. The Bertz CT molecular complexity index is 334. The van der Waals surface area contributed by atoms with Crippen molar-refractivity contribution in [2.75, 3.05) is 19.0 Å². The molecule has 1 aliphatic rings. The van der Waals surface area contributed by atoms with E-state index in [1.54, 1.807) is 0 Å². The maximum absolute atomic E-state index is 13.2. The van der Waals surface area contributed by atoms with Crippen LogP contribution in [0.5, 0.6) is 5.75 Å². The summed E-state index contributed by atoms with van der Waals surface area (Å²) in [5, 5.41) is 0. The van der Waals surface area contributed by atoms with Crippen LogP contribution in [-0.4, -0.2) is 20.2 Å². The largest absolute Gasteiger partial charge is 0.490 e. The fraction of sp³-hybridized carbons (Fsp3) is 0.455. The zero-order chi connectivity index (χ0) is 10.1. The summed E-state index contributed by atoms with van der Waals surface area (Å²) in [5.41, 5.74) is 0.834. The molecule has 0 N–H and O–H groups in total. The first kappa shape index (κ1) is 9.31. The van der Waals surface area contributed by atoms with Crippen LogP contribution >= 0.6 is 0 Å². The predicted octanol–water partition coefficient (Wildman–Crippen LogP) is 2.43. The Morgan fingerprint density at radius 2 is 2.00 bits per heavy atom. The van der Waals surface area contributed by atoms with Crippen molar-refractivity contribution < 1.29 is 9.13 Å². The van der Waals surface area contributed by atoms with Crippen molar-refractivity contribution in [3.63, 3.8) is 0 Å². The third kappa shape index (κ3) is 2.16. The standard InChI is InChI=1S/C11H14FNO/c1-13(2)9-5-8(12)6-11(7-9)14-10-3-4-10/h5-7,10H,3-4H2,1-2H3. The number of hydrogen-bond acceptors (Lipinski definition) is 2. The van der Waals surface area contributed by atoms with Gasteiger partial charge in [0.1, 0.15) is 11.6 Å². The molecule has 0 aliphatic heterocycles. The lowest BCUT2D eigenvalue weighted by molar-refractivity contribution is 0.302. The Balaban J connectivity index is 2.21. The zero-order valence-corrected chi connectivity index (χ0v) is 8.46. The van der Waals surface area contributed by atoms with E-state index < -0.39 is 0 Å². The van der Waals surface area contributed by atoms with Gasteiger partial charge in [0.05, 0.1) is 6.10 Å². The van der Waals surface area contributed by atoms with Crippen molar-refractivity contribution in [1.29, 1.82) is 0 Å². The Morgan fingerprint density at radius 1 is 1.29 bits per heavy atom. The number of rotatable bonds is 3. The fourth-order valence-corrected chi connectivity index (χ4v) is 1.25. The molecule has 14 heavy (non-hydrogen) atoms. The van der Waals surface area contributed by atoms with Gasteiger partial charge in [0, 0.05) is 31.9 Å². The molecular formula is C11H14FNO. The van der Waals surface area contributed by atoms with E-state index in [1.807, 2.05) is 25.1 Å². The van der Waals surface area contributed by atoms with Crippen molar-refractivity contribution in [2.45, 2.75) is 18.9 Å². The maximum atomic E-state index is 13.2. The highest BCUT2D eigenvalue weighted by Crippen LogP contribution is 2.29. The quantitative estimate of drug-likeness (QED) is 0.734. The molecular weight excluding hydrogens is 181 g/mol. The summed E-state index contributed by atoms with van der Waals surface area (Å²) in [6, 6.07) is 4.80. The second kappa shape index (κ2) is 3.48. The first-order valence-corrected chi connectivity index (χ1v) is 4.80. The van der Waals surface area contributed by atoms with Gasteiger partial charge < -0.3 is 9.64 Å². The average molecular weight is 195 g/mol. The normalized spacial score (nSPS) is 15.4. The Kier molecular flexibility index (Phi) is 2.32. The van der Waals surface area contributed by atoms with E-state index in [0.29, 0.717) is 11.9 Å². The molecule has 0 heterocycles. The Hall–Kier alpha value is -1.25. The number of nitrogens with zero attached hydrogens (tertiary/aromatic N) is 1. The van der Waals surface area contributed by atoms with Crippen LogP contribution in [0.3, 0.4) is 0 Å². The lowest BCUT2D eigenvalue weighted by Gasteiger charge is -2.14.